The number of hydrogen-bond acceptors (Lipinski definition) is 2. The highest BCUT2D eigenvalue weighted by atomic mass is 16.3. The molecule has 6 aromatic rings. The van der Waals surface area contributed by atoms with Gasteiger partial charge in [-0.15, -0.1) is 0 Å². The fourth-order valence-corrected chi connectivity index (χ4v) is 5.20. The van der Waals surface area contributed by atoms with E-state index in [0.29, 0.717) is 0 Å². The third-order valence-corrected chi connectivity index (χ3v) is 6.90. The summed E-state index contributed by atoms with van der Waals surface area (Å²) < 4.78 is 13.3. The predicted molar refractivity (Wildman–Crippen MR) is 153 cm³/mol. The van der Waals surface area contributed by atoms with Gasteiger partial charge in [0.25, 0.3) is 0 Å². The molecule has 0 fully saturated rings. The maximum absolute atomic E-state index is 6.67. The number of allylic oxidation sites excluding steroid dienone is 6. The first-order valence-electron chi connectivity index (χ1n) is 12.6. The molecule has 7 rings (SSSR count). The SMILES string of the molecule is C1=CCC=CC(c2oc3cc4c(-c5ccccc5)c(-c5ccccc5)oc4cc3c2-c2ccccc2)=C1. The van der Waals surface area contributed by atoms with Crippen molar-refractivity contribution in [1.29, 1.82) is 0 Å². The molecular weight excluding hydrogens is 452 g/mol. The van der Waals surface area contributed by atoms with Gasteiger partial charge in [0, 0.05) is 33.0 Å². The average Bonchev–Trinajstić information content (AvgIpc) is 3.39. The van der Waals surface area contributed by atoms with Crippen molar-refractivity contribution >= 4 is 27.5 Å². The summed E-state index contributed by atoms with van der Waals surface area (Å²) in [4.78, 5) is 0. The van der Waals surface area contributed by atoms with Crippen LogP contribution in [0.5, 0.6) is 0 Å². The second-order valence-electron chi connectivity index (χ2n) is 9.24. The van der Waals surface area contributed by atoms with E-state index in [-0.39, 0.29) is 0 Å². The maximum atomic E-state index is 6.67. The first-order valence-corrected chi connectivity index (χ1v) is 12.6. The van der Waals surface area contributed by atoms with Crippen LogP contribution in [0.1, 0.15) is 12.2 Å². The Labute approximate surface area is 215 Å². The van der Waals surface area contributed by atoms with Crippen molar-refractivity contribution in [1.82, 2.24) is 0 Å². The molecule has 0 N–H and O–H groups in total. The van der Waals surface area contributed by atoms with Crippen molar-refractivity contribution in [3.63, 3.8) is 0 Å². The van der Waals surface area contributed by atoms with Gasteiger partial charge in [-0.2, -0.15) is 0 Å². The van der Waals surface area contributed by atoms with Gasteiger partial charge < -0.3 is 8.83 Å². The highest BCUT2D eigenvalue weighted by Gasteiger charge is 2.23. The first kappa shape index (κ1) is 21.5. The smallest absolute Gasteiger partial charge is 0.143 e. The molecule has 0 radical (unpaired) electrons. The van der Waals surface area contributed by atoms with Crippen molar-refractivity contribution in [2.75, 3.05) is 0 Å². The number of fused-ring (bicyclic) bond motifs is 2. The monoisotopic (exact) mass is 476 g/mol. The molecular formula is C35H24O2. The third kappa shape index (κ3) is 3.75. The van der Waals surface area contributed by atoms with E-state index < -0.39 is 0 Å². The van der Waals surface area contributed by atoms with Gasteiger partial charge in [0.15, 0.2) is 0 Å². The number of hydrogen-bond donors (Lipinski definition) is 0. The molecule has 2 heterocycles. The van der Waals surface area contributed by atoms with E-state index >= 15 is 0 Å². The second-order valence-corrected chi connectivity index (χ2v) is 9.24. The summed E-state index contributed by atoms with van der Waals surface area (Å²) in [5.41, 5.74) is 8.22. The third-order valence-electron chi connectivity index (χ3n) is 6.90. The highest BCUT2D eigenvalue weighted by molar-refractivity contribution is 6.11. The molecule has 1 aliphatic rings. The average molecular weight is 477 g/mol. The van der Waals surface area contributed by atoms with Gasteiger partial charge in [-0.3, -0.25) is 0 Å². The van der Waals surface area contributed by atoms with Crippen LogP contribution < -0.4 is 0 Å². The Morgan fingerprint density at radius 3 is 1.62 bits per heavy atom. The minimum atomic E-state index is 0.847. The summed E-state index contributed by atoms with van der Waals surface area (Å²) in [7, 11) is 0. The molecule has 2 aromatic heterocycles. The molecule has 0 amide bonds. The van der Waals surface area contributed by atoms with Crippen LogP contribution in [0, 0.1) is 0 Å². The molecule has 0 atom stereocenters. The normalized spacial score (nSPS) is 13.2. The van der Waals surface area contributed by atoms with E-state index in [2.05, 4.69) is 103 Å². The fraction of sp³-hybridized carbons (Fsp3) is 0.0286. The van der Waals surface area contributed by atoms with Gasteiger partial charge in [-0.25, -0.2) is 0 Å². The van der Waals surface area contributed by atoms with Crippen LogP contribution in [0.15, 0.2) is 142 Å². The minimum Gasteiger partial charge on any atom is -0.455 e. The number of furan rings is 2. The lowest BCUT2D eigenvalue weighted by Gasteiger charge is -2.04. The Bertz CT molecular complexity index is 1810. The molecule has 0 aliphatic heterocycles. The van der Waals surface area contributed by atoms with Crippen LogP contribution in [0.25, 0.3) is 61.1 Å². The topological polar surface area (TPSA) is 26.3 Å². The van der Waals surface area contributed by atoms with Crippen molar-refractivity contribution < 1.29 is 8.83 Å². The largest absolute Gasteiger partial charge is 0.455 e. The molecule has 0 saturated heterocycles. The van der Waals surface area contributed by atoms with Gasteiger partial charge in [0.05, 0.1) is 0 Å². The summed E-state index contributed by atoms with van der Waals surface area (Å²) in [6.45, 7) is 0. The standard InChI is InChI=1S/C35H24O2/c1-2-7-19-26(18-6-1)34-32(24-14-8-3-9-15-24)28-22-31-29(23-30(28)36-34)33(25-16-10-4-11-17-25)35(37-31)27-20-12-5-13-21-27/h1,3-23H,2H2. The van der Waals surface area contributed by atoms with Crippen LogP contribution >= 0.6 is 0 Å². The molecule has 0 bridgehead atoms. The first-order chi connectivity index (χ1) is 18.4. The number of rotatable bonds is 4. The van der Waals surface area contributed by atoms with Crippen LogP contribution in [-0.4, -0.2) is 0 Å². The van der Waals surface area contributed by atoms with E-state index in [1.165, 1.54) is 0 Å². The van der Waals surface area contributed by atoms with Gasteiger partial charge >= 0.3 is 0 Å². The van der Waals surface area contributed by atoms with Crippen molar-refractivity contribution in [3.8, 4) is 33.6 Å². The fourth-order valence-electron chi connectivity index (χ4n) is 5.20. The lowest BCUT2D eigenvalue weighted by molar-refractivity contribution is 0.602. The van der Waals surface area contributed by atoms with Crippen molar-refractivity contribution in [2.45, 2.75) is 6.42 Å². The van der Waals surface area contributed by atoms with Gasteiger partial charge in [0.1, 0.15) is 22.7 Å². The zero-order chi connectivity index (χ0) is 24.6. The summed E-state index contributed by atoms with van der Waals surface area (Å²) >= 11 is 0. The molecule has 0 spiro atoms. The Balaban J connectivity index is 1.55. The molecule has 0 saturated carbocycles. The number of benzene rings is 4. The molecule has 0 unspecified atom stereocenters. The lowest BCUT2D eigenvalue weighted by atomic mass is 9.96. The van der Waals surface area contributed by atoms with E-state index in [1.807, 2.05) is 30.3 Å². The Morgan fingerprint density at radius 1 is 0.514 bits per heavy atom. The van der Waals surface area contributed by atoms with Gasteiger partial charge in [-0.1, -0.05) is 121 Å². The summed E-state index contributed by atoms with van der Waals surface area (Å²) in [5.74, 6) is 1.75. The molecule has 2 nitrogen and oxygen atoms in total. The van der Waals surface area contributed by atoms with Crippen LogP contribution in [0.2, 0.25) is 0 Å². The molecule has 1 aliphatic carbocycles. The molecule has 2 heteroatoms. The zero-order valence-corrected chi connectivity index (χ0v) is 20.2. The van der Waals surface area contributed by atoms with Crippen LogP contribution in [0.3, 0.4) is 0 Å². The minimum absolute atomic E-state index is 0.847. The molecule has 37 heavy (non-hydrogen) atoms. The van der Waals surface area contributed by atoms with Crippen LogP contribution in [-0.2, 0) is 0 Å². The predicted octanol–water partition coefficient (Wildman–Crippen LogP) is 10.1. The van der Waals surface area contributed by atoms with E-state index in [9.17, 15) is 0 Å². The van der Waals surface area contributed by atoms with E-state index in [1.54, 1.807) is 0 Å². The summed E-state index contributed by atoms with van der Waals surface area (Å²) in [6, 6.07) is 35.5. The Morgan fingerprint density at radius 2 is 1.03 bits per heavy atom. The Kier molecular flexibility index (Phi) is 5.22. The molecule has 4 aromatic carbocycles. The molecule has 176 valence electrons. The maximum Gasteiger partial charge on any atom is 0.143 e. The summed E-state index contributed by atoms with van der Waals surface area (Å²) in [6.07, 6.45) is 11.6. The van der Waals surface area contributed by atoms with Crippen molar-refractivity contribution in [2.24, 2.45) is 0 Å². The zero-order valence-electron chi connectivity index (χ0n) is 20.2. The highest BCUT2D eigenvalue weighted by Crippen LogP contribution is 2.46. The van der Waals surface area contributed by atoms with E-state index in [4.69, 9.17) is 8.83 Å². The lowest BCUT2D eigenvalue weighted by Crippen LogP contribution is -1.83. The second kappa shape index (κ2) is 9.00. The Hall–Kier alpha value is -4.82. The quantitative estimate of drug-likeness (QED) is 0.253. The van der Waals surface area contributed by atoms with Crippen LogP contribution in [0.4, 0.5) is 0 Å². The van der Waals surface area contributed by atoms with Gasteiger partial charge in [-0.05, 0) is 29.7 Å². The van der Waals surface area contributed by atoms with E-state index in [0.717, 1.165) is 73.3 Å². The van der Waals surface area contributed by atoms with Gasteiger partial charge in [0.2, 0.25) is 0 Å². The van der Waals surface area contributed by atoms with Crippen molar-refractivity contribution in [3.05, 3.63) is 139 Å². The summed E-state index contributed by atoms with van der Waals surface area (Å²) in [5, 5.41) is 2.09.